The molecule has 22 heavy (non-hydrogen) atoms. The zero-order chi connectivity index (χ0) is 15.8. The van der Waals surface area contributed by atoms with Crippen molar-refractivity contribution in [3.05, 3.63) is 71.3 Å². The van der Waals surface area contributed by atoms with Gasteiger partial charge in [0.15, 0.2) is 5.78 Å². The number of hydrogen-bond acceptors (Lipinski definition) is 2. The van der Waals surface area contributed by atoms with Crippen LogP contribution in [0.5, 0.6) is 0 Å². The maximum Gasteiger partial charge on any atom is 0.170 e. The molecule has 0 fully saturated rings. The SMILES string of the molecule is Cc1ccccc1C#CCCC(=O)CC(=O)c1ccccc1. The Morgan fingerprint density at radius 3 is 2.36 bits per heavy atom. The van der Waals surface area contributed by atoms with Gasteiger partial charge in [-0.2, -0.15) is 0 Å². The molecular formula is C20H18O2. The molecule has 0 aliphatic heterocycles. The lowest BCUT2D eigenvalue weighted by Crippen LogP contribution is -2.07. The smallest absolute Gasteiger partial charge is 0.170 e. The van der Waals surface area contributed by atoms with Gasteiger partial charge >= 0.3 is 0 Å². The highest BCUT2D eigenvalue weighted by atomic mass is 16.1. The van der Waals surface area contributed by atoms with Crippen molar-refractivity contribution in [1.82, 2.24) is 0 Å². The first kappa shape index (κ1) is 15.7. The van der Waals surface area contributed by atoms with Crippen LogP contribution in [0.2, 0.25) is 0 Å². The van der Waals surface area contributed by atoms with Crippen molar-refractivity contribution in [3.8, 4) is 11.8 Å². The lowest BCUT2D eigenvalue weighted by molar-refractivity contribution is -0.118. The number of benzene rings is 2. The van der Waals surface area contributed by atoms with Gasteiger partial charge in [0.05, 0.1) is 6.42 Å². The minimum absolute atomic E-state index is 0.0456. The predicted octanol–water partition coefficient (Wildman–Crippen LogP) is 3.97. The Hall–Kier alpha value is -2.66. The van der Waals surface area contributed by atoms with E-state index in [2.05, 4.69) is 11.8 Å². The van der Waals surface area contributed by atoms with Crippen LogP contribution in [0, 0.1) is 18.8 Å². The van der Waals surface area contributed by atoms with E-state index in [9.17, 15) is 9.59 Å². The molecule has 0 bridgehead atoms. The molecule has 0 amide bonds. The predicted molar refractivity (Wildman–Crippen MR) is 87.7 cm³/mol. The monoisotopic (exact) mass is 290 g/mol. The second-order valence-electron chi connectivity index (χ2n) is 5.12. The quantitative estimate of drug-likeness (QED) is 0.474. The van der Waals surface area contributed by atoms with E-state index >= 15 is 0 Å². The molecular weight excluding hydrogens is 272 g/mol. The van der Waals surface area contributed by atoms with E-state index in [4.69, 9.17) is 0 Å². The maximum atomic E-state index is 11.9. The number of ketones is 2. The third-order valence-corrected chi connectivity index (χ3v) is 3.35. The van der Waals surface area contributed by atoms with Crippen LogP contribution in [0.3, 0.4) is 0 Å². The molecule has 2 nitrogen and oxygen atoms in total. The molecule has 0 aliphatic carbocycles. The maximum absolute atomic E-state index is 11.9. The fourth-order valence-electron chi connectivity index (χ4n) is 2.07. The summed E-state index contributed by atoms with van der Waals surface area (Å²) >= 11 is 0. The van der Waals surface area contributed by atoms with E-state index in [1.807, 2.05) is 37.3 Å². The summed E-state index contributed by atoms with van der Waals surface area (Å²) in [6, 6.07) is 16.8. The molecule has 0 spiro atoms. The van der Waals surface area contributed by atoms with E-state index in [0.29, 0.717) is 18.4 Å². The Bertz CT molecular complexity index is 718. The molecule has 0 radical (unpaired) electrons. The Morgan fingerprint density at radius 1 is 0.955 bits per heavy atom. The Morgan fingerprint density at radius 2 is 1.64 bits per heavy atom. The normalized spacial score (nSPS) is 9.68. The van der Waals surface area contributed by atoms with E-state index in [0.717, 1.165) is 11.1 Å². The molecule has 2 heteroatoms. The van der Waals surface area contributed by atoms with Gasteiger partial charge in [-0.3, -0.25) is 9.59 Å². The minimum Gasteiger partial charge on any atom is -0.299 e. The van der Waals surface area contributed by atoms with Crippen LogP contribution in [0.25, 0.3) is 0 Å². The van der Waals surface area contributed by atoms with E-state index in [-0.39, 0.29) is 18.0 Å². The zero-order valence-corrected chi connectivity index (χ0v) is 12.6. The largest absolute Gasteiger partial charge is 0.299 e. The number of rotatable bonds is 5. The van der Waals surface area contributed by atoms with Crippen molar-refractivity contribution >= 4 is 11.6 Å². The van der Waals surface area contributed by atoms with Crippen molar-refractivity contribution in [2.45, 2.75) is 26.2 Å². The summed E-state index contributed by atoms with van der Waals surface area (Å²) < 4.78 is 0. The van der Waals surface area contributed by atoms with Gasteiger partial charge < -0.3 is 0 Å². The van der Waals surface area contributed by atoms with Crippen LogP contribution in [0.4, 0.5) is 0 Å². The molecule has 0 aromatic heterocycles. The fourth-order valence-corrected chi connectivity index (χ4v) is 2.07. The molecule has 110 valence electrons. The topological polar surface area (TPSA) is 34.1 Å². The fraction of sp³-hybridized carbons (Fsp3) is 0.200. The minimum atomic E-state index is -0.127. The number of Topliss-reactive ketones (excluding diaryl/α,β-unsaturated/α-hetero) is 2. The Labute approximate surface area is 131 Å². The van der Waals surface area contributed by atoms with Gasteiger partial charge in [0.25, 0.3) is 0 Å². The van der Waals surface area contributed by atoms with Crippen molar-refractivity contribution in [3.63, 3.8) is 0 Å². The van der Waals surface area contributed by atoms with Crippen LogP contribution in [0.1, 0.15) is 40.7 Å². The standard InChI is InChI=1S/C20H18O2/c1-16-9-5-6-10-17(16)11-7-8-14-19(21)15-20(22)18-12-3-2-4-13-18/h2-6,9-10,12-13H,8,14-15H2,1H3. The van der Waals surface area contributed by atoms with Crippen LogP contribution in [-0.2, 0) is 4.79 Å². The molecule has 0 saturated carbocycles. The third-order valence-electron chi connectivity index (χ3n) is 3.35. The van der Waals surface area contributed by atoms with Gasteiger partial charge in [-0.05, 0) is 18.6 Å². The Kier molecular flexibility index (Phi) is 5.68. The highest BCUT2D eigenvalue weighted by Crippen LogP contribution is 2.07. The number of aryl methyl sites for hydroxylation is 1. The number of carbonyl (C=O) groups excluding carboxylic acids is 2. The first-order chi connectivity index (χ1) is 10.7. The summed E-state index contributed by atoms with van der Waals surface area (Å²) in [4.78, 5) is 23.7. The first-order valence-corrected chi connectivity index (χ1v) is 7.31. The molecule has 2 aromatic carbocycles. The first-order valence-electron chi connectivity index (χ1n) is 7.31. The molecule has 0 unspecified atom stereocenters. The Balaban J connectivity index is 1.82. The summed E-state index contributed by atoms with van der Waals surface area (Å²) in [5.41, 5.74) is 2.69. The van der Waals surface area contributed by atoms with Crippen LogP contribution < -0.4 is 0 Å². The van der Waals surface area contributed by atoms with Crippen LogP contribution in [-0.4, -0.2) is 11.6 Å². The number of carbonyl (C=O) groups is 2. The van der Waals surface area contributed by atoms with Gasteiger partial charge in [0, 0.05) is 24.0 Å². The second kappa shape index (κ2) is 7.95. The highest BCUT2D eigenvalue weighted by Gasteiger charge is 2.10. The zero-order valence-electron chi connectivity index (χ0n) is 12.6. The van der Waals surface area contributed by atoms with Crippen molar-refractivity contribution in [2.24, 2.45) is 0 Å². The van der Waals surface area contributed by atoms with Gasteiger partial charge in [-0.25, -0.2) is 0 Å². The molecule has 0 aliphatic rings. The molecule has 0 atom stereocenters. The van der Waals surface area contributed by atoms with Gasteiger partial charge in [0.1, 0.15) is 5.78 Å². The number of hydrogen-bond donors (Lipinski definition) is 0. The van der Waals surface area contributed by atoms with Crippen molar-refractivity contribution in [1.29, 1.82) is 0 Å². The molecule has 2 aromatic rings. The molecule has 0 N–H and O–H groups in total. The van der Waals surface area contributed by atoms with Crippen LogP contribution in [0.15, 0.2) is 54.6 Å². The summed E-state index contributed by atoms with van der Waals surface area (Å²) in [5, 5.41) is 0. The second-order valence-corrected chi connectivity index (χ2v) is 5.12. The average molecular weight is 290 g/mol. The van der Waals surface area contributed by atoms with E-state index in [1.165, 1.54) is 0 Å². The van der Waals surface area contributed by atoms with E-state index < -0.39 is 0 Å². The molecule has 0 saturated heterocycles. The van der Waals surface area contributed by atoms with E-state index in [1.54, 1.807) is 24.3 Å². The molecule has 2 rings (SSSR count). The lowest BCUT2D eigenvalue weighted by Gasteiger charge is -1.99. The van der Waals surface area contributed by atoms with Crippen LogP contribution >= 0.6 is 0 Å². The van der Waals surface area contributed by atoms with Gasteiger partial charge in [0.2, 0.25) is 0 Å². The summed E-state index contributed by atoms with van der Waals surface area (Å²) in [6.07, 6.45) is 0.753. The third kappa shape index (κ3) is 4.71. The average Bonchev–Trinajstić information content (AvgIpc) is 2.54. The summed E-state index contributed by atoms with van der Waals surface area (Å²) in [7, 11) is 0. The summed E-state index contributed by atoms with van der Waals surface area (Å²) in [6.45, 7) is 2.01. The van der Waals surface area contributed by atoms with Crippen molar-refractivity contribution in [2.75, 3.05) is 0 Å². The summed E-state index contributed by atoms with van der Waals surface area (Å²) in [5.74, 6) is 5.88. The lowest BCUT2D eigenvalue weighted by atomic mass is 10.0. The molecule has 0 heterocycles. The highest BCUT2D eigenvalue weighted by molar-refractivity contribution is 6.07. The van der Waals surface area contributed by atoms with Gasteiger partial charge in [-0.1, -0.05) is 60.4 Å². The van der Waals surface area contributed by atoms with Crippen molar-refractivity contribution < 1.29 is 9.59 Å². The van der Waals surface area contributed by atoms with Gasteiger partial charge in [-0.15, -0.1) is 0 Å².